The minimum atomic E-state index is -0.981. The van der Waals surface area contributed by atoms with Crippen molar-refractivity contribution < 1.29 is 33.6 Å². The van der Waals surface area contributed by atoms with Gasteiger partial charge >= 0.3 is 11.7 Å². The van der Waals surface area contributed by atoms with Gasteiger partial charge in [0.1, 0.15) is 12.3 Å². The number of carbonyl (C=O) groups is 4. The smallest absolute Gasteiger partial charge is 0.326 e. The second-order valence-electron chi connectivity index (χ2n) is 7.56. The Labute approximate surface area is 223 Å². The molecule has 37 heavy (non-hydrogen) atoms. The van der Waals surface area contributed by atoms with Crippen LogP contribution >= 0.6 is 34.8 Å². The van der Waals surface area contributed by atoms with Crippen molar-refractivity contribution >= 4 is 64.1 Å². The lowest BCUT2D eigenvalue weighted by Crippen LogP contribution is -2.36. The standard InChI is InChI=1S/C24H13Cl3N2O8/c25-16-2-1-3-19(29(34)35)22(16)37-13-6-4-12(5-7-13)20(30)11-36-21(31)10-28-23(32)14-8-17(26)18(27)9-15(14)24(28)33/h1-9H,10-11H2. The number of imide groups is 1. The Morgan fingerprint density at radius 3 is 2.05 bits per heavy atom. The molecule has 4 rings (SSSR count). The Morgan fingerprint density at radius 1 is 0.892 bits per heavy atom. The molecule has 0 fully saturated rings. The van der Waals surface area contributed by atoms with Crippen LogP contribution in [0.3, 0.4) is 0 Å². The van der Waals surface area contributed by atoms with E-state index in [0.29, 0.717) is 4.90 Å². The fourth-order valence-corrected chi connectivity index (χ4v) is 3.94. The van der Waals surface area contributed by atoms with Gasteiger partial charge in [-0.2, -0.15) is 0 Å². The molecule has 3 aromatic carbocycles. The molecule has 0 bridgehead atoms. The maximum atomic E-state index is 12.5. The van der Waals surface area contributed by atoms with Gasteiger partial charge in [0.25, 0.3) is 11.8 Å². The number of benzene rings is 3. The molecule has 0 saturated heterocycles. The lowest BCUT2D eigenvalue weighted by atomic mass is 10.1. The molecule has 0 atom stereocenters. The Morgan fingerprint density at radius 2 is 1.49 bits per heavy atom. The molecule has 0 radical (unpaired) electrons. The zero-order valence-electron chi connectivity index (χ0n) is 18.4. The Hall–Kier alpha value is -3.99. The molecule has 0 unspecified atom stereocenters. The fourth-order valence-electron chi connectivity index (χ4n) is 3.40. The molecule has 2 amide bonds. The van der Waals surface area contributed by atoms with Crippen LogP contribution in [0.2, 0.25) is 15.1 Å². The van der Waals surface area contributed by atoms with E-state index in [1.54, 1.807) is 0 Å². The number of nitro groups is 1. The quantitative estimate of drug-likeness (QED) is 0.117. The first kappa shape index (κ1) is 26.1. The molecule has 0 aromatic heterocycles. The molecular formula is C24H13Cl3N2O8. The van der Waals surface area contributed by atoms with Gasteiger partial charge in [-0.15, -0.1) is 0 Å². The highest BCUT2D eigenvalue weighted by atomic mass is 35.5. The highest BCUT2D eigenvalue weighted by Crippen LogP contribution is 2.37. The van der Waals surface area contributed by atoms with Crippen molar-refractivity contribution in [2.24, 2.45) is 0 Å². The van der Waals surface area contributed by atoms with Crippen LogP contribution < -0.4 is 4.74 Å². The molecule has 1 heterocycles. The number of ether oxygens (including phenoxy) is 2. The van der Waals surface area contributed by atoms with Gasteiger partial charge in [0.2, 0.25) is 5.75 Å². The van der Waals surface area contributed by atoms with Gasteiger partial charge in [-0.3, -0.25) is 34.2 Å². The Kier molecular flexibility index (Phi) is 7.44. The molecule has 10 nitrogen and oxygen atoms in total. The normalized spacial score (nSPS) is 12.4. The molecule has 1 aliphatic rings. The second kappa shape index (κ2) is 10.6. The summed E-state index contributed by atoms with van der Waals surface area (Å²) in [6, 6.07) is 12.1. The zero-order chi connectivity index (χ0) is 26.9. The number of Topliss-reactive ketones (excluding diaryl/α,β-unsaturated/α-hetero) is 1. The van der Waals surface area contributed by atoms with E-state index < -0.39 is 41.6 Å². The van der Waals surface area contributed by atoms with Crippen molar-refractivity contribution in [2.75, 3.05) is 13.2 Å². The van der Waals surface area contributed by atoms with Gasteiger partial charge < -0.3 is 9.47 Å². The fraction of sp³-hybridized carbons (Fsp3) is 0.0833. The number of esters is 1. The van der Waals surface area contributed by atoms with Crippen molar-refractivity contribution in [3.05, 3.63) is 96.5 Å². The molecule has 13 heteroatoms. The Balaban J connectivity index is 1.35. The molecular weight excluding hydrogens is 551 g/mol. The predicted octanol–water partition coefficient (Wildman–Crippen LogP) is 5.37. The number of nitrogens with zero attached hydrogens (tertiary/aromatic N) is 2. The van der Waals surface area contributed by atoms with Crippen LogP contribution in [0.1, 0.15) is 31.1 Å². The first-order chi connectivity index (χ1) is 17.6. The van der Waals surface area contributed by atoms with Gasteiger partial charge in [0, 0.05) is 11.6 Å². The minimum absolute atomic E-state index is 0.00714. The number of fused-ring (bicyclic) bond motifs is 1. The minimum Gasteiger partial charge on any atom is -0.456 e. The highest BCUT2D eigenvalue weighted by Gasteiger charge is 2.37. The van der Waals surface area contributed by atoms with Crippen LogP contribution in [0, 0.1) is 10.1 Å². The SMILES string of the molecule is O=C(CN1C(=O)c2cc(Cl)c(Cl)cc2C1=O)OCC(=O)c1ccc(Oc2c(Cl)cccc2[N+](=O)[O-])cc1. The number of ketones is 1. The summed E-state index contributed by atoms with van der Waals surface area (Å²) in [5.41, 5.74) is -0.164. The number of amides is 2. The van der Waals surface area contributed by atoms with E-state index in [2.05, 4.69) is 0 Å². The highest BCUT2D eigenvalue weighted by molar-refractivity contribution is 6.43. The number of nitro benzene ring substituents is 1. The zero-order valence-corrected chi connectivity index (χ0v) is 20.7. The van der Waals surface area contributed by atoms with E-state index in [9.17, 15) is 29.3 Å². The molecule has 188 valence electrons. The average molecular weight is 564 g/mol. The largest absolute Gasteiger partial charge is 0.456 e. The number of carbonyl (C=O) groups excluding carboxylic acids is 4. The first-order valence-corrected chi connectivity index (χ1v) is 11.4. The van der Waals surface area contributed by atoms with Gasteiger partial charge in [-0.05, 0) is 42.5 Å². The predicted molar refractivity (Wildman–Crippen MR) is 132 cm³/mol. The van der Waals surface area contributed by atoms with E-state index in [0.717, 1.165) is 0 Å². The molecule has 0 spiro atoms. The lowest BCUT2D eigenvalue weighted by Gasteiger charge is -2.13. The maximum absolute atomic E-state index is 12.5. The lowest BCUT2D eigenvalue weighted by molar-refractivity contribution is -0.385. The van der Waals surface area contributed by atoms with Crippen LogP contribution in [-0.4, -0.2) is 46.5 Å². The summed E-state index contributed by atoms with van der Waals surface area (Å²) in [6.45, 7) is -1.37. The van der Waals surface area contributed by atoms with Crippen molar-refractivity contribution in [1.29, 1.82) is 0 Å². The van der Waals surface area contributed by atoms with Gasteiger partial charge in [0.05, 0.1) is 31.1 Å². The number of halogens is 3. The summed E-state index contributed by atoms with van der Waals surface area (Å²) in [5, 5.41) is 11.4. The first-order valence-electron chi connectivity index (χ1n) is 10.3. The topological polar surface area (TPSA) is 133 Å². The summed E-state index contributed by atoms with van der Waals surface area (Å²) in [7, 11) is 0. The number of hydrogen-bond donors (Lipinski definition) is 0. The molecule has 0 N–H and O–H groups in total. The van der Waals surface area contributed by atoms with Gasteiger partial charge in [0.15, 0.2) is 12.4 Å². The maximum Gasteiger partial charge on any atom is 0.326 e. The van der Waals surface area contributed by atoms with E-state index in [1.807, 2.05) is 0 Å². The average Bonchev–Trinajstić information content (AvgIpc) is 3.08. The number of hydrogen-bond acceptors (Lipinski definition) is 8. The van der Waals surface area contributed by atoms with Crippen LogP contribution in [0.15, 0.2) is 54.6 Å². The molecule has 3 aromatic rings. The third-order valence-corrected chi connectivity index (χ3v) is 6.22. The third kappa shape index (κ3) is 5.41. The second-order valence-corrected chi connectivity index (χ2v) is 8.79. The van der Waals surface area contributed by atoms with Gasteiger partial charge in [-0.1, -0.05) is 40.9 Å². The van der Waals surface area contributed by atoms with E-state index in [4.69, 9.17) is 44.3 Å². The Bertz CT molecular complexity index is 1430. The van der Waals surface area contributed by atoms with Crippen molar-refractivity contribution in [3.63, 3.8) is 0 Å². The summed E-state index contributed by atoms with van der Waals surface area (Å²) >= 11 is 17.8. The van der Waals surface area contributed by atoms with E-state index >= 15 is 0 Å². The van der Waals surface area contributed by atoms with Crippen LogP contribution in [-0.2, 0) is 9.53 Å². The van der Waals surface area contributed by atoms with Crippen LogP contribution in [0.4, 0.5) is 5.69 Å². The van der Waals surface area contributed by atoms with Crippen LogP contribution in [0.25, 0.3) is 0 Å². The van der Waals surface area contributed by atoms with Crippen LogP contribution in [0.5, 0.6) is 11.5 Å². The van der Waals surface area contributed by atoms with Crippen molar-refractivity contribution in [3.8, 4) is 11.5 Å². The summed E-state index contributed by atoms with van der Waals surface area (Å²) in [6.07, 6.45) is 0. The van der Waals surface area contributed by atoms with Crippen molar-refractivity contribution in [2.45, 2.75) is 0 Å². The summed E-state index contributed by atoms with van der Waals surface area (Å²) in [5.74, 6) is -3.02. The number of para-hydroxylation sites is 1. The van der Waals surface area contributed by atoms with E-state index in [-0.39, 0.29) is 48.9 Å². The molecule has 0 saturated carbocycles. The molecule has 1 aliphatic heterocycles. The van der Waals surface area contributed by atoms with Crippen molar-refractivity contribution in [1.82, 2.24) is 4.90 Å². The van der Waals surface area contributed by atoms with E-state index in [1.165, 1.54) is 54.6 Å². The monoisotopic (exact) mass is 562 g/mol. The number of rotatable bonds is 8. The summed E-state index contributed by atoms with van der Waals surface area (Å²) in [4.78, 5) is 60.8. The summed E-state index contributed by atoms with van der Waals surface area (Å²) < 4.78 is 10.5. The third-order valence-electron chi connectivity index (χ3n) is 5.20. The van der Waals surface area contributed by atoms with Gasteiger partial charge in [-0.25, -0.2) is 0 Å². The molecule has 0 aliphatic carbocycles.